The van der Waals surface area contributed by atoms with Crippen molar-refractivity contribution in [1.29, 1.82) is 0 Å². The highest BCUT2D eigenvalue weighted by Crippen LogP contribution is 2.24. The molecule has 1 amide bonds. The number of piperidine rings is 1. The maximum absolute atomic E-state index is 13.0. The number of amides is 1. The van der Waals surface area contributed by atoms with Crippen molar-refractivity contribution in [2.24, 2.45) is 0 Å². The highest BCUT2D eigenvalue weighted by atomic mass is 35.5. The number of likely N-dealkylation sites (tertiary alicyclic amines) is 1. The fraction of sp³-hybridized carbons (Fsp3) is 0.632. The lowest BCUT2D eigenvalue weighted by atomic mass is 10.00. The van der Waals surface area contributed by atoms with E-state index in [1.807, 2.05) is 23.1 Å². The minimum atomic E-state index is -3.68. The van der Waals surface area contributed by atoms with E-state index in [2.05, 4.69) is 6.92 Å². The van der Waals surface area contributed by atoms with Gasteiger partial charge in [-0.15, -0.1) is 0 Å². The largest absolute Gasteiger partial charge is 0.339 e. The zero-order valence-electron chi connectivity index (χ0n) is 15.8. The molecule has 2 fully saturated rings. The third kappa shape index (κ3) is 4.65. The zero-order valence-corrected chi connectivity index (χ0v) is 17.4. The Labute approximate surface area is 167 Å². The molecule has 2 saturated heterocycles. The van der Waals surface area contributed by atoms with Gasteiger partial charge < -0.3 is 4.90 Å². The standard InChI is InChI=1S/C19H28ClN3O3S/c1-2-17-9-5-6-13-23(17)19(24)15-22-12-7-11-21(27(22,25)26)14-16-8-3-4-10-18(16)20/h3-4,8,10,17H,2,5-7,9,11-15H2,1H3/t17-/m1/s1. The number of nitrogens with zero attached hydrogens (tertiary/aromatic N) is 3. The molecule has 1 atom stereocenters. The molecule has 2 aliphatic heterocycles. The number of hydrogen-bond acceptors (Lipinski definition) is 3. The van der Waals surface area contributed by atoms with Gasteiger partial charge >= 0.3 is 0 Å². The molecule has 27 heavy (non-hydrogen) atoms. The smallest absolute Gasteiger partial charge is 0.282 e. The summed E-state index contributed by atoms with van der Waals surface area (Å²) in [6.45, 7) is 3.80. The van der Waals surface area contributed by atoms with Crippen LogP contribution in [-0.4, -0.2) is 60.1 Å². The second-order valence-corrected chi connectivity index (χ2v) is 9.60. The summed E-state index contributed by atoms with van der Waals surface area (Å²) >= 11 is 6.19. The Morgan fingerprint density at radius 1 is 1.11 bits per heavy atom. The summed E-state index contributed by atoms with van der Waals surface area (Å²) in [4.78, 5) is 14.7. The van der Waals surface area contributed by atoms with E-state index >= 15 is 0 Å². The molecule has 8 heteroatoms. The molecule has 2 heterocycles. The van der Waals surface area contributed by atoms with Gasteiger partial charge in [0.05, 0.1) is 6.54 Å². The van der Waals surface area contributed by atoms with Crippen molar-refractivity contribution < 1.29 is 13.2 Å². The van der Waals surface area contributed by atoms with Crippen LogP contribution in [-0.2, 0) is 21.5 Å². The van der Waals surface area contributed by atoms with Crippen molar-refractivity contribution in [3.8, 4) is 0 Å². The average Bonchev–Trinajstić information content (AvgIpc) is 2.66. The van der Waals surface area contributed by atoms with Crippen LogP contribution in [0.15, 0.2) is 24.3 Å². The fourth-order valence-electron chi connectivity index (χ4n) is 3.95. The summed E-state index contributed by atoms with van der Waals surface area (Å²) in [5, 5.41) is 0.556. The SMILES string of the molecule is CC[C@@H]1CCCCN1C(=O)CN1CCCN(Cc2ccccc2Cl)S1(=O)=O. The van der Waals surface area contributed by atoms with E-state index in [-0.39, 0.29) is 25.0 Å². The molecule has 0 aliphatic carbocycles. The lowest BCUT2D eigenvalue weighted by Crippen LogP contribution is -2.54. The van der Waals surface area contributed by atoms with Gasteiger partial charge in [-0.1, -0.05) is 36.7 Å². The monoisotopic (exact) mass is 413 g/mol. The molecule has 2 aliphatic rings. The Balaban J connectivity index is 1.70. The Kier molecular flexibility index (Phi) is 6.78. The van der Waals surface area contributed by atoms with Gasteiger partial charge in [-0.25, -0.2) is 0 Å². The van der Waals surface area contributed by atoms with Crippen molar-refractivity contribution in [2.45, 2.75) is 51.6 Å². The van der Waals surface area contributed by atoms with Crippen LogP contribution in [0.4, 0.5) is 0 Å². The molecule has 0 unspecified atom stereocenters. The van der Waals surface area contributed by atoms with Gasteiger partial charge in [-0.05, 0) is 43.7 Å². The number of benzene rings is 1. The van der Waals surface area contributed by atoms with Crippen molar-refractivity contribution in [1.82, 2.24) is 13.5 Å². The number of halogens is 1. The zero-order chi connectivity index (χ0) is 19.4. The third-order valence-electron chi connectivity index (χ3n) is 5.50. The minimum Gasteiger partial charge on any atom is -0.339 e. The molecule has 0 spiro atoms. The highest BCUT2D eigenvalue weighted by Gasteiger charge is 2.36. The minimum absolute atomic E-state index is 0.0716. The van der Waals surface area contributed by atoms with Gasteiger partial charge in [-0.2, -0.15) is 17.0 Å². The molecule has 1 aromatic rings. The Morgan fingerprint density at radius 3 is 2.59 bits per heavy atom. The van der Waals surface area contributed by atoms with E-state index < -0.39 is 10.2 Å². The molecule has 0 N–H and O–H groups in total. The van der Waals surface area contributed by atoms with Gasteiger partial charge in [0.2, 0.25) is 5.91 Å². The first-order valence-corrected chi connectivity index (χ1v) is 11.5. The molecule has 6 nitrogen and oxygen atoms in total. The van der Waals surface area contributed by atoms with Crippen molar-refractivity contribution in [3.63, 3.8) is 0 Å². The van der Waals surface area contributed by atoms with Gasteiger partial charge in [-0.3, -0.25) is 4.79 Å². The van der Waals surface area contributed by atoms with E-state index in [1.54, 1.807) is 6.07 Å². The first-order chi connectivity index (χ1) is 12.9. The van der Waals surface area contributed by atoms with Crippen LogP contribution in [0.5, 0.6) is 0 Å². The predicted molar refractivity (Wildman–Crippen MR) is 107 cm³/mol. The molecule has 0 bridgehead atoms. The highest BCUT2D eigenvalue weighted by molar-refractivity contribution is 7.86. The van der Waals surface area contributed by atoms with Crippen LogP contribution in [0, 0.1) is 0 Å². The first kappa shape index (κ1) is 20.6. The summed E-state index contributed by atoms with van der Waals surface area (Å²) < 4.78 is 28.8. The lowest BCUT2D eigenvalue weighted by Gasteiger charge is -2.38. The summed E-state index contributed by atoms with van der Waals surface area (Å²) in [6, 6.07) is 7.50. The second-order valence-electron chi connectivity index (χ2n) is 7.26. The van der Waals surface area contributed by atoms with E-state index in [0.29, 0.717) is 24.5 Å². The maximum Gasteiger partial charge on any atom is 0.282 e. The van der Waals surface area contributed by atoms with E-state index in [4.69, 9.17) is 11.6 Å². The molecule has 1 aromatic carbocycles. The quantitative estimate of drug-likeness (QED) is 0.745. The summed E-state index contributed by atoms with van der Waals surface area (Å²) in [5.41, 5.74) is 0.776. The van der Waals surface area contributed by atoms with Crippen molar-refractivity contribution in [2.75, 3.05) is 26.2 Å². The maximum atomic E-state index is 13.0. The lowest BCUT2D eigenvalue weighted by molar-refractivity contribution is -0.135. The van der Waals surface area contributed by atoms with Crippen LogP contribution >= 0.6 is 11.6 Å². The number of rotatable bonds is 5. The third-order valence-corrected chi connectivity index (χ3v) is 7.80. The summed E-state index contributed by atoms with van der Waals surface area (Å²) in [6.07, 6.45) is 4.75. The predicted octanol–water partition coefficient (Wildman–Crippen LogP) is 2.88. The summed E-state index contributed by atoms with van der Waals surface area (Å²) in [7, 11) is -3.68. The Bertz CT molecular complexity index is 771. The van der Waals surface area contributed by atoms with Gasteiger partial charge in [0.1, 0.15) is 0 Å². The second kappa shape index (κ2) is 8.90. The van der Waals surface area contributed by atoms with Gasteiger partial charge in [0, 0.05) is 37.2 Å². The summed E-state index contributed by atoms with van der Waals surface area (Å²) in [5.74, 6) is -0.0790. The van der Waals surface area contributed by atoms with Crippen LogP contribution < -0.4 is 0 Å². The molecular weight excluding hydrogens is 386 g/mol. The molecule has 0 saturated carbocycles. The van der Waals surface area contributed by atoms with Crippen LogP contribution in [0.3, 0.4) is 0 Å². The molecule has 150 valence electrons. The first-order valence-electron chi connectivity index (χ1n) is 9.71. The van der Waals surface area contributed by atoms with E-state index in [1.165, 1.54) is 8.61 Å². The van der Waals surface area contributed by atoms with Crippen LogP contribution in [0.25, 0.3) is 0 Å². The normalized spacial score (nSPS) is 24.1. The molecule has 0 aromatic heterocycles. The molecule has 0 radical (unpaired) electrons. The number of carbonyl (C=O) groups is 1. The van der Waals surface area contributed by atoms with Gasteiger partial charge in [0.15, 0.2) is 0 Å². The Morgan fingerprint density at radius 2 is 1.85 bits per heavy atom. The molecular formula is C19H28ClN3O3S. The van der Waals surface area contributed by atoms with Crippen LogP contribution in [0.1, 0.15) is 44.6 Å². The van der Waals surface area contributed by atoms with Crippen molar-refractivity contribution >= 4 is 27.7 Å². The van der Waals surface area contributed by atoms with Gasteiger partial charge in [0.25, 0.3) is 10.2 Å². The van der Waals surface area contributed by atoms with Crippen LogP contribution in [0.2, 0.25) is 5.02 Å². The Hall–Kier alpha value is -1.15. The van der Waals surface area contributed by atoms with E-state index in [9.17, 15) is 13.2 Å². The van der Waals surface area contributed by atoms with E-state index in [0.717, 1.165) is 37.8 Å². The topological polar surface area (TPSA) is 60.9 Å². The number of hydrogen-bond donors (Lipinski definition) is 0. The molecule has 3 rings (SSSR count). The van der Waals surface area contributed by atoms with Crippen molar-refractivity contribution in [3.05, 3.63) is 34.9 Å². The average molecular weight is 414 g/mol. The number of carbonyl (C=O) groups excluding carboxylic acids is 1. The fourth-order valence-corrected chi connectivity index (χ4v) is 5.77.